The third-order valence-corrected chi connectivity index (χ3v) is 2.85. The van der Waals surface area contributed by atoms with Crippen LogP contribution in [0.15, 0.2) is 18.5 Å². The molecule has 4 nitrogen and oxygen atoms in total. The van der Waals surface area contributed by atoms with E-state index in [9.17, 15) is 0 Å². The molecule has 4 heteroatoms. The van der Waals surface area contributed by atoms with E-state index >= 15 is 0 Å². The van der Waals surface area contributed by atoms with Gasteiger partial charge in [0.2, 0.25) is 0 Å². The molecule has 1 atom stereocenters. The number of hydrogen-bond donors (Lipinski definition) is 1. The van der Waals surface area contributed by atoms with Crippen LogP contribution in [0.3, 0.4) is 0 Å². The molecule has 0 spiro atoms. The van der Waals surface area contributed by atoms with Crippen LogP contribution in [-0.4, -0.2) is 29.8 Å². The van der Waals surface area contributed by atoms with Gasteiger partial charge in [-0.1, -0.05) is 0 Å². The summed E-state index contributed by atoms with van der Waals surface area (Å²) in [5.74, 6) is 0.914. The number of pyridine rings is 1. The number of hydrogen-bond acceptors (Lipinski definition) is 4. The zero-order valence-electron chi connectivity index (χ0n) is 11.4. The summed E-state index contributed by atoms with van der Waals surface area (Å²) < 4.78 is 11.3. The number of rotatable bonds is 4. The van der Waals surface area contributed by atoms with Crippen LogP contribution in [0.5, 0.6) is 5.75 Å². The summed E-state index contributed by atoms with van der Waals surface area (Å²) in [6, 6.07) is 1.93. The van der Waals surface area contributed by atoms with Crippen LogP contribution >= 0.6 is 0 Å². The summed E-state index contributed by atoms with van der Waals surface area (Å²) in [5.41, 5.74) is 1.18. The Morgan fingerprint density at radius 1 is 1.50 bits per heavy atom. The van der Waals surface area contributed by atoms with Crippen LogP contribution in [0.4, 0.5) is 0 Å². The Balaban J connectivity index is 2.00. The van der Waals surface area contributed by atoms with Gasteiger partial charge in [0.05, 0.1) is 13.2 Å². The van der Waals surface area contributed by atoms with Crippen molar-refractivity contribution in [1.82, 2.24) is 10.3 Å². The molecule has 2 rings (SSSR count). The minimum atomic E-state index is 0.0869. The molecule has 1 unspecified atom stereocenters. The molecule has 18 heavy (non-hydrogen) atoms. The Labute approximate surface area is 109 Å². The first-order valence-corrected chi connectivity index (χ1v) is 6.47. The van der Waals surface area contributed by atoms with Crippen LogP contribution < -0.4 is 10.1 Å². The minimum absolute atomic E-state index is 0.0869. The summed E-state index contributed by atoms with van der Waals surface area (Å²) in [6.45, 7) is 8.69. The van der Waals surface area contributed by atoms with Crippen molar-refractivity contribution < 1.29 is 9.47 Å². The molecule has 1 N–H and O–H groups in total. The first-order valence-electron chi connectivity index (χ1n) is 6.47. The molecule has 1 aliphatic heterocycles. The molecular weight excluding hydrogens is 228 g/mol. The summed E-state index contributed by atoms with van der Waals surface area (Å²) in [7, 11) is 0. The maximum absolute atomic E-state index is 5.97. The Hall–Kier alpha value is -1.13. The molecule has 0 bridgehead atoms. The average Bonchev–Trinajstić information content (AvgIpc) is 2.80. The van der Waals surface area contributed by atoms with E-state index in [-0.39, 0.29) is 11.6 Å². The Morgan fingerprint density at radius 2 is 2.33 bits per heavy atom. The van der Waals surface area contributed by atoms with Gasteiger partial charge in [0.15, 0.2) is 0 Å². The summed E-state index contributed by atoms with van der Waals surface area (Å²) in [5, 5.41) is 3.45. The van der Waals surface area contributed by atoms with Crippen LogP contribution in [-0.2, 0) is 11.3 Å². The average molecular weight is 250 g/mol. The molecule has 0 aliphatic carbocycles. The molecule has 2 heterocycles. The SMILES string of the molecule is CC(C)(C)NCc1cnccc1OC1CCOC1. The highest BCUT2D eigenvalue weighted by atomic mass is 16.5. The molecule has 1 aromatic heterocycles. The van der Waals surface area contributed by atoms with E-state index in [1.165, 1.54) is 0 Å². The van der Waals surface area contributed by atoms with E-state index in [1.54, 1.807) is 6.20 Å². The lowest BCUT2D eigenvalue weighted by molar-refractivity contribution is 0.140. The maximum Gasteiger partial charge on any atom is 0.127 e. The molecule has 0 aromatic carbocycles. The largest absolute Gasteiger partial charge is 0.487 e. The third-order valence-electron chi connectivity index (χ3n) is 2.85. The van der Waals surface area contributed by atoms with Crippen molar-refractivity contribution in [2.24, 2.45) is 0 Å². The van der Waals surface area contributed by atoms with Crippen LogP contribution in [0.25, 0.3) is 0 Å². The molecule has 100 valence electrons. The summed E-state index contributed by atoms with van der Waals surface area (Å²) in [4.78, 5) is 4.17. The third kappa shape index (κ3) is 3.96. The highest BCUT2D eigenvalue weighted by molar-refractivity contribution is 5.30. The standard InChI is InChI=1S/C14H22N2O2/c1-14(2,3)16-9-11-8-15-6-4-13(11)18-12-5-7-17-10-12/h4,6,8,12,16H,5,7,9-10H2,1-3H3. The van der Waals surface area contributed by atoms with Gasteiger partial charge in [0, 0.05) is 36.5 Å². The molecule has 0 radical (unpaired) electrons. The Bertz CT molecular complexity index is 382. The van der Waals surface area contributed by atoms with Gasteiger partial charge in [0.25, 0.3) is 0 Å². The van der Waals surface area contributed by atoms with Crippen molar-refractivity contribution >= 4 is 0 Å². The monoisotopic (exact) mass is 250 g/mol. The first kappa shape index (κ1) is 13.3. The van der Waals surface area contributed by atoms with Gasteiger partial charge in [-0.15, -0.1) is 0 Å². The van der Waals surface area contributed by atoms with E-state index < -0.39 is 0 Å². The van der Waals surface area contributed by atoms with Gasteiger partial charge < -0.3 is 14.8 Å². The molecule has 0 amide bonds. The normalized spacial score (nSPS) is 20.1. The summed E-state index contributed by atoms with van der Waals surface area (Å²) in [6.07, 6.45) is 4.78. The number of ether oxygens (including phenoxy) is 2. The minimum Gasteiger partial charge on any atom is -0.487 e. The fourth-order valence-electron chi connectivity index (χ4n) is 1.81. The van der Waals surface area contributed by atoms with Gasteiger partial charge in [-0.25, -0.2) is 0 Å². The van der Waals surface area contributed by atoms with Gasteiger partial charge in [-0.05, 0) is 26.8 Å². The molecule has 1 fully saturated rings. The van der Waals surface area contributed by atoms with E-state index in [1.807, 2.05) is 12.3 Å². The first-order chi connectivity index (χ1) is 8.54. The predicted octanol–water partition coefficient (Wildman–Crippen LogP) is 2.14. The molecule has 1 aliphatic rings. The zero-order valence-corrected chi connectivity index (χ0v) is 11.4. The van der Waals surface area contributed by atoms with Crippen LogP contribution in [0.2, 0.25) is 0 Å². The zero-order chi connectivity index (χ0) is 13.0. The Kier molecular flexibility index (Phi) is 4.19. The molecule has 1 aromatic rings. The van der Waals surface area contributed by atoms with Crippen LogP contribution in [0, 0.1) is 0 Å². The second-order valence-corrected chi connectivity index (χ2v) is 5.69. The van der Waals surface area contributed by atoms with Gasteiger partial charge in [0.1, 0.15) is 11.9 Å². The summed E-state index contributed by atoms with van der Waals surface area (Å²) >= 11 is 0. The van der Waals surface area contributed by atoms with E-state index in [0.717, 1.165) is 30.9 Å². The maximum atomic E-state index is 5.97. The van der Waals surface area contributed by atoms with Crippen molar-refractivity contribution in [2.45, 2.75) is 45.4 Å². The lowest BCUT2D eigenvalue weighted by atomic mass is 10.1. The van der Waals surface area contributed by atoms with Gasteiger partial charge in [-0.2, -0.15) is 0 Å². The lowest BCUT2D eigenvalue weighted by Gasteiger charge is -2.22. The fourth-order valence-corrected chi connectivity index (χ4v) is 1.81. The lowest BCUT2D eigenvalue weighted by Crippen LogP contribution is -2.35. The predicted molar refractivity (Wildman–Crippen MR) is 70.7 cm³/mol. The van der Waals surface area contributed by atoms with Crippen molar-refractivity contribution in [3.05, 3.63) is 24.0 Å². The molecular formula is C14H22N2O2. The number of aromatic nitrogens is 1. The van der Waals surface area contributed by atoms with Crippen molar-refractivity contribution in [1.29, 1.82) is 0 Å². The van der Waals surface area contributed by atoms with Crippen molar-refractivity contribution in [3.63, 3.8) is 0 Å². The Morgan fingerprint density at radius 3 is 3.00 bits per heavy atom. The van der Waals surface area contributed by atoms with Crippen molar-refractivity contribution in [3.8, 4) is 5.75 Å². The fraction of sp³-hybridized carbons (Fsp3) is 0.643. The van der Waals surface area contributed by atoms with Crippen molar-refractivity contribution in [2.75, 3.05) is 13.2 Å². The van der Waals surface area contributed by atoms with E-state index in [2.05, 4.69) is 31.1 Å². The number of nitrogens with zero attached hydrogens (tertiary/aromatic N) is 1. The van der Waals surface area contributed by atoms with Gasteiger partial charge in [-0.3, -0.25) is 4.98 Å². The van der Waals surface area contributed by atoms with E-state index in [4.69, 9.17) is 9.47 Å². The topological polar surface area (TPSA) is 43.4 Å². The highest BCUT2D eigenvalue weighted by Crippen LogP contribution is 2.21. The second-order valence-electron chi connectivity index (χ2n) is 5.69. The molecule has 0 saturated carbocycles. The second kappa shape index (κ2) is 5.67. The van der Waals surface area contributed by atoms with Gasteiger partial charge >= 0.3 is 0 Å². The quantitative estimate of drug-likeness (QED) is 0.889. The smallest absolute Gasteiger partial charge is 0.127 e. The highest BCUT2D eigenvalue weighted by Gasteiger charge is 2.19. The number of nitrogens with one attached hydrogen (secondary N) is 1. The van der Waals surface area contributed by atoms with E-state index in [0.29, 0.717) is 6.61 Å². The van der Waals surface area contributed by atoms with Crippen LogP contribution in [0.1, 0.15) is 32.8 Å². The molecule has 1 saturated heterocycles.